The van der Waals surface area contributed by atoms with Gasteiger partial charge in [0.1, 0.15) is 6.07 Å². The van der Waals surface area contributed by atoms with Crippen LogP contribution in [0.1, 0.15) is 41.0 Å². The van der Waals surface area contributed by atoms with E-state index in [1.165, 1.54) is 11.1 Å². The van der Waals surface area contributed by atoms with Gasteiger partial charge in [0.25, 0.3) is 0 Å². The Labute approximate surface area is 135 Å². The predicted octanol–water partition coefficient (Wildman–Crippen LogP) is 4.78. The van der Waals surface area contributed by atoms with Crippen molar-refractivity contribution in [3.8, 4) is 12.1 Å². The van der Waals surface area contributed by atoms with Gasteiger partial charge in [-0.15, -0.1) is 0 Å². The van der Waals surface area contributed by atoms with Gasteiger partial charge in [-0.2, -0.15) is 10.5 Å². The fraction of sp³-hybridized carbons (Fsp3) is 0.200. The number of H-pyrrole nitrogens is 1. The molecule has 2 aromatic carbocycles. The Morgan fingerprint density at radius 3 is 2.57 bits per heavy atom. The summed E-state index contributed by atoms with van der Waals surface area (Å²) in [5.41, 5.74) is 5.10. The summed E-state index contributed by atoms with van der Waals surface area (Å²) >= 11 is 0. The minimum Gasteiger partial charge on any atom is -0.360 e. The highest BCUT2D eigenvalue weighted by atomic mass is 14.7. The van der Waals surface area contributed by atoms with Gasteiger partial charge < -0.3 is 4.98 Å². The molecule has 1 heterocycles. The summed E-state index contributed by atoms with van der Waals surface area (Å²) in [7, 11) is 0. The average Bonchev–Trinajstić information content (AvgIpc) is 3.01. The number of nitrogens with zero attached hydrogens (tertiary/aromatic N) is 2. The average molecular weight is 299 g/mol. The molecular weight excluding hydrogens is 282 g/mol. The van der Waals surface area contributed by atoms with E-state index in [-0.39, 0.29) is 5.92 Å². The number of nitrogens with one attached hydrogen (secondary N) is 1. The normalized spacial score (nSPS) is 11.8. The predicted molar refractivity (Wildman–Crippen MR) is 90.9 cm³/mol. The van der Waals surface area contributed by atoms with Crippen LogP contribution in [0.25, 0.3) is 10.9 Å². The van der Waals surface area contributed by atoms with Gasteiger partial charge in [0.05, 0.1) is 17.1 Å². The topological polar surface area (TPSA) is 63.4 Å². The van der Waals surface area contributed by atoms with Gasteiger partial charge in [-0.05, 0) is 30.5 Å². The molecule has 0 amide bonds. The largest absolute Gasteiger partial charge is 0.360 e. The molecule has 1 unspecified atom stereocenters. The van der Waals surface area contributed by atoms with Crippen LogP contribution in [0.4, 0.5) is 0 Å². The Morgan fingerprint density at radius 2 is 1.87 bits per heavy atom. The number of aromatic nitrogens is 1. The molecule has 3 aromatic rings. The number of para-hydroxylation sites is 1. The molecule has 0 bridgehead atoms. The Balaban J connectivity index is 2.12. The van der Waals surface area contributed by atoms with Crippen molar-refractivity contribution in [2.75, 3.05) is 0 Å². The lowest BCUT2D eigenvalue weighted by Crippen LogP contribution is -2.00. The van der Waals surface area contributed by atoms with Crippen molar-refractivity contribution in [1.29, 1.82) is 10.5 Å². The Hall–Kier alpha value is -3.04. The molecule has 0 saturated carbocycles. The molecular formula is C20H17N3. The third kappa shape index (κ3) is 2.82. The summed E-state index contributed by atoms with van der Waals surface area (Å²) in [4.78, 5) is 3.24. The summed E-state index contributed by atoms with van der Waals surface area (Å²) in [6.07, 6.45) is 3.25. The Morgan fingerprint density at radius 1 is 1.09 bits per heavy atom. The highest BCUT2D eigenvalue weighted by molar-refractivity contribution is 5.88. The van der Waals surface area contributed by atoms with E-state index in [2.05, 4.69) is 48.3 Å². The number of nitriles is 2. The van der Waals surface area contributed by atoms with E-state index in [9.17, 15) is 5.26 Å². The van der Waals surface area contributed by atoms with E-state index in [4.69, 9.17) is 5.26 Å². The number of rotatable bonds is 4. The van der Waals surface area contributed by atoms with Gasteiger partial charge in [0.2, 0.25) is 0 Å². The van der Waals surface area contributed by atoms with Crippen molar-refractivity contribution >= 4 is 10.9 Å². The van der Waals surface area contributed by atoms with E-state index in [1.807, 2.05) is 24.4 Å². The van der Waals surface area contributed by atoms with Gasteiger partial charge in [-0.1, -0.05) is 42.0 Å². The number of benzene rings is 2. The van der Waals surface area contributed by atoms with Crippen LogP contribution in [0.5, 0.6) is 0 Å². The van der Waals surface area contributed by atoms with Crippen molar-refractivity contribution in [3.63, 3.8) is 0 Å². The molecule has 3 rings (SSSR count). The molecule has 0 spiro atoms. The number of hydrogen-bond acceptors (Lipinski definition) is 2. The molecule has 3 nitrogen and oxygen atoms in total. The van der Waals surface area contributed by atoms with Crippen LogP contribution in [-0.4, -0.2) is 4.98 Å². The molecule has 112 valence electrons. The monoisotopic (exact) mass is 299 g/mol. The van der Waals surface area contributed by atoms with E-state index in [1.54, 1.807) is 0 Å². The van der Waals surface area contributed by atoms with Crippen LogP contribution in [-0.2, 0) is 0 Å². The van der Waals surface area contributed by atoms with Gasteiger partial charge in [0, 0.05) is 23.9 Å². The first-order valence-electron chi connectivity index (χ1n) is 7.68. The lowest BCUT2D eigenvalue weighted by molar-refractivity contribution is 0.738. The van der Waals surface area contributed by atoms with Crippen molar-refractivity contribution in [2.24, 2.45) is 0 Å². The Bertz CT molecular complexity index is 905. The molecule has 0 aliphatic rings. The van der Waals surface area contributed by atoms with Crippen LogP contribution in [0, 0.1) is 29.6 Å². The quantitative estimate of drug-likeness (QED) is 0.753. The minimum atomic E-state index is 0.151. The van der Waals surface area contributed by atoms with Crippen molar-refractivity contribution < 1.29 is 0 Å². The maximum Gasteiger partial charge on any atom is 0.101 e. The van der Waals surface area contributed by atoms with Gasteiger partial charge in [-0.25, -0.2) is 0 Å². The molecule has 1 atom stereocenters. The zero-order chi connectivity index (χ0) is 16.2. The standard InChI is InChI=1S/C20H17N3/c1-14-7-9-15(10-8-14)17(6-3-11-21)19-13-23-20-16(12-22)4-2-5-18(19)20/h2,4-5,7-10,13,17,23H,3,6H2,1H3. The van der Waals surface area contributed by atoms with Gasteiger partial charge >= 0.3 is 0 Å². The lowest BCUT2D eigenvalue weighted by atomic mass is 9.87. The zero-order valence-electron chi connectivity index (χ0n) is 13.0. The molecule has 1 aromatic heterocycles. The minimum absolute atomic E-state index is 0.151. The number of hydrogen-bond donors (Lipinski definition) is 1. The summed E-state index contributed by atoms with van der Waals surface area (Å²) in [6, 6.07) is 18.7. The van der Waals surface area contributed by atoms with Crippen molar-refractivity contribution in [2.45, 2.75) is 25.7 Å². The first-order chi connectivity index (χ1) is 11.2. The maximum atomic E-state index is 9.26. The fourth-order valence-electron chi connectivity index (χ4n) is 3.07. The lowest BCUT2D eigenvalue weighted by Gasteiger charge is -2.16. The first kappa shape index (κ1) is 14.9. The number of aromatic amines is 1. The van der Waals surface area contributed by atoms with Crippen LogP contribution >= 0.6 is 0 Å². The van der Waals surface area contributed by atoms with Gasteiger partial charge in [0.15, 0.2) is 0 Å². The molecule has 23 heavy (non-hydrogen) atoms. The second-order valence-electron chi connectivity index (χ2n) is 5.74. The SMILES string of the molecule is Cc1ccc(C(CCC#N)c2c[nH]c3c(C#N)cccc23)cc1. The highest BCUT2D eigenvalue weighted by Gasteiger charge is 2.18. The van der Waals surface area contributed by atoms with Crippen LogP contribution in [0.15, 0.2) is 48.7 Å². The summed E-state index contributed by atoms with van der Waals surface area (Å²) in [5.74, 6) is 0.151. The molecule has 0 aliphatic carbocycles. The van der Waals surface area contributed by atoms with Crippen molar-refractivity contribution in [1.82, 2.24) is 4.98 Å². The molecule has 1 N–H and O–H groups in total. The first-order valence-corrected chi connectivity index (χ1v) is 7.68. The second-order valence-corrected chi connectivity index (χ2v) is 5.74. The fourth-order valence-corrected chi connectivity index (χ4v) is 3.07. The van der Waals surface area contributed by atoms with E-state index >= 15 is 0 Å². The molecule has 0 fully saturated rings. The highest BCUT2D eigenvalue weighted by Crippen LogP contribution is 2.35. The third-order valence-electron chi connectivity index (χ3n) is 4.27. The summed E-state index contributed by atoms with van der Waals surface area (Å²) in [6.45, 7) is 2.07. The number of aryl methyl sites for hydroxylation is 1. The smallest absolute Gasteiger partial charge is 0.101 e. The third-order valence-corrected chi connectivity index (χ3v) is 4.27. The van der Waals surface area contributed by atoms with Crippen LogP contribution < -0.4 is 0 Å². The van der Waals surface area contributed by atoms with E-state index in [0.29, 0.717) is 12.0 Å². The van der Waals surface area contributed by atoms with Gasteiger partial charge in [-0.3, -0.25) is 0 Å². The Kier molecular flexibility index (Phi) is 4.13. The van der Waals surface area contributed by atoms with E-state index < -0.39 is 0 Å². The summed E-state index contributed by atoms with van der Waals surface area (Å²) < 4.78 is 0. The summed E-state index contributed by atoms with van der Waals surface area (Å²) in [5, 5.41) is 19.3. The van der Waals surface area contributed by atoms with Crippen molar-refractivity contribution in [3.05, 3.63) is 70.9 Å². The maximum absolute atomic E-state index is 9.26. The molecule has 0 saturated heterocycles. The molecule has 0 radical (unpaired) electrons. The zero-order valence-corrected chi connectivity index (χ0v) is 13.0. The number of fused-ring (bicyclic) bond motifs is 1. The van der Waals surface area contributed by atoms with Crippen LogP contribution in [0.3, 0.4) is 0 Å². The molecule has 0 aliphatic heterocycles. The molecule has 3 heteroatoms. The van der Waals surface area contributed by atoms with Crippen LogP contribution in [0.2, 0.25) is 0 Å². The second kappa shape index (κ2) is 6.38. The van der Waals surface area contributed by atoms with E-state index in [0.717, 1.165) is 22.9 Å².